The van der Waals surface area contributed by atoms with Crippen LogP contribution in [0.25, 0.3) is 0 Å². The van der Waals surface area contributed by atoms with Crippen molar-refractivity contribution in [2.24, 2.45) is 0 Å². The number of nitrogens with zero attached hydrogens (tertiary/aromatic N) is 1. The molecule has 0 fully saturated rings. The van der Waals surface area contributed by atoms with Gasteiger partial charge in [-0.05, 0) is 22.0 Å². The Labute approximate surface area is 95.4 Å². The van der Waals surface area contributed by atoms with E-state index in [0.29, 0.717) is 0 Å². The molecule has 0 atom stereocenters. The molecular weight excluding hydrogens is 260 g/mol. The zero-order valence-electron chi connectivity index (χ0n) is 7.87. The fourth-order valence-electron chi connectivity index (χ4n) is 0.986. The maximum atomic E-state index is 11.3. The molecule has 0 bridgehead atoms. The standard InChI is InChI=1S/C10H9BrN2O2/c1-2-5-12-9(14)7-13-6-8(11)3-4-10(13)15/h1,3-4,6H,5,7H2,(H,12,14). The predicted molar refractivity (Wildman–Crippen MR) is 60.2 cm³/mol. The molecule has 0 aliphatic carbocycles. The lowest BCUT2D eigenvalue weighted by molar-refractivity contribution is -0.121. The van der Waals surface area contributed by atoms with Gasteiger partial charge in [-0.25, -0.2) is 0 Å². The minimum Gasteiger partial charge on any atom is -0.344 e. The number of aromatic nitrogens is 1. The quantitative estimate of drug-likeness (QED) is 0.805. The molecule has 0 spiro atoms. The second-order valence-corrected chi connectivity index (χ2v) is 3.71. The van der Waals surface area contributed by atoms with E-state index in [9.17, 15) is 9.59 Å². The number of halogens is 1. The van der Waals surface area contributed by atoms with Gasteiger partial charge in [0.1, 0.15) is 6.54 Å². The van der Waals surface area contributed by atoms with Gasteiger partial charge in [0, 0.05) is 16.7 Å². The monoisotopic (exact) mass is 268 g/mol. The molecule has 0 saturated carbocycles. The molecule has 1 aromatic rings. The minimum absolute atomic E-state index is 0.0278. The van der Waals surface area contributed by atoms with E-state index in [1.165, 1.54) is 10.6 Å². The first kappa shape index (κ1) is 11.5. The molecule has 1 rings (SSSR count). The maximum Gasteiger partial charge on any atom is 0.251 e. The van der Waals surface area contributed by atoms with Crippen molar-refractivity contribution in [3.63, 3.8) is 0 Å². The zero-order valence-corrected chi connectivity index (χ0v) is 9.45. The minimum atomic E-state index is -0.284. The first-order valence-electron chi connectivity index (χ1n) is 4.19. The highest BCUT2D eigenvalue weighted by molar-refractivity contribution is 9.10. The van der Waals surface area contributed by atoms with Crippen LogP contribution in [0, 0.1) is 12.3 Å². The number of hydrogen-bond acceptors (Lipinski definition) is 2. The van der Waals surface area contributed by atoms with Crippen LogP contribution in [0.15, 0.2) is 27.6 Å². The first-order chi connectivity index (χ1) is 7.13. The number of carbonyl (C=O) groups excluding carboxylic acids is 1. The largest absolute Gasteiger partial charge is 0.344 e. The number of pyridine rings is 1. The van der Waals surface area contributed by atoms with Crippen molar-refractivity contribution in [3.05, 3.63) is 33.2 Å². The van der Waals surface area contributed by atoms with Crippen LogP contribution in [0.2, 0.25) is 0 Å². The lowest BCUT2D eigenvalue weighted by Gasteiger charge is -2.05. The molecule has 4 nitrogen and oxygen atoms in total. The van der Waals surface area contributed by atoms with E-state index in [-0.39, 0.29) is 24.6 Å². The van der Waals surface area contributed by atoms with E-state index in [4.69, 9.17) is 6.42 Å². The van der Waals surface area contributed by atoms with Crippen molar-refractivity contribution in [1.29, 1.82) is 0 Å². The van der Waals surface area contributed by atoms with Gasteiger partial charge in [0.25, 0.3) is 5.56 Å². The van der Waals surface area contributed by atoms with E-state index in [0.717, 1.165) is 4.47 Å². The summed E-state index contributed by atoms with van der Waals surface area (Å²) in [6.07, 6.45) is 6.54. The summed E-state index contributed by atoms with van der Waals surface area (Å²) in [7, 11) is 0. The van der Waals surface area contributed by atoms with E-state index in [1.54, 1.807) is 12.3 Å². The van der Waals surface area contributed by atoms with Crippen LogP contribution in [0.4, 0.5) is 0 Å². The van der Waals surface area contributed by atoms with Crippen LogP contribution < -0.4 is 10.9 Å². The van der Waals surface area contributed by atoms with Crippen LogP contribution in [-0.2, 0) is 11.3 Å². The molecule has 15 heavy (non-hydrogen) atoms. The summed E-state index contributed by atoms with van der Waals surface area (Å²) in [4.78, 5) is 22.6. The molecule has 1 aromatic heterocycles. The second kappa shape index (κ2) is 5.37. The van der Waals surface area contributed by atoms with Crippen molar-refractivity contribution >= 4 is 21.8 Å². The van der Waals surface area contributed by atoms with Gasteiger partial charge in [-0.15, -0.1) is 6.42 Å². The van der Waals surface area contributed by atoms with Gasteiger partial charge < -0.3 is 9.88 Å². The number of amides is 1. The summed E-state index contributed by atoms with van der Waals surface area (Å²) in [5.41, 5.74) is -0.228. The summed E-state index contributed by atoms with van der Waals surface area (Å²) < 4.78 is 2.04. The molecule has 78 valence electrons. The van der Waals surface area contributed by atoms with Crippen LogP contribution in [-0.4, -0.2) is 17.0 Å². The molecular formula is C10H9BrN2O2. The fourth-order valence-corrected chi connectivity index (χ4v) is 1.37. The number of carbonyl (C=O) groups is 1. The zero-order chi connectivity index (χ0) is 11.3. The number of terminal acetylenes is 1. The van der Waals surface area contributed by atoms with Gasteiger partial charge in [0.2, 0.25) is 5.91 Å². The molecule has 1 amide bonds. The SMILES string of the molecule is C#CCNC(=O)Cn1cc(Br)ccc1=O. The Hall–Kier alpha value is -1.54. The molecule has 0 aliphatic rings. The van der Waals surface area contributed by atoms with Crippen molar-refractivity contribution in [2.45, 2.75) is 6.54 Å². The lowest BCUT2D eigenvalue weighted by atomic mass is 10.4. The maximum absolute atomic E-state index is 11.3. The second-order valence-electron chi connectivity index (χ2n) is 2.79. The van der Waals surface area contributed by atoms with Gasteiger partial charge in [-0.2, -0.15) is 0 Å². The highest BCUT2D eigenvalue weighted by Gasteiger charge is 2.03. The summed E-state index contributed by atoms with van der Waals surface area (Å²) in [6.45, 7) is 0.140. The highest BCUT2D eigenvalue weighted by Crippen LogP contribution is 2.04. The van der Waals surface area contributed by atoms with Gasteiger partial charge in [0.15, 0.2) is 0 Å². The van der Waals surface area contributed by atoms with E-state index in [2.05, 4.69) is 27.2 Å². The van der Waals surface area contributed by atoms with Crippen LogP contribution in [0.3, 0.4) is 0 Å². The first-order valence-corrected chi connectivity index (χ1v) is 4.99. The van der Waals surface area contributed by atoms with E-state index < -0.39 is 0 Å². The Balaban J connectivity index is 2.73. The van der Waals surface area contributed by atoms with Crippen LogP contribution >= 0.6 is 15.9 Å². The smallest absolute Gasteiger partial charge is 0.251 e. The Morgan fingerprint density at radius 3 is 3.00 bits per heavy atom. The Morgan fingerprint density at radius 2 is 2.33 bits per heavy atom. The van der Waals surface area contributed by atoms with Gasteiger partial charge >= 0.3 is 0 Å². The topological polar surface area (TPSA) is 51.1 Å². The van der Waals surface area contributed by atoms with Gasteiger partial charge in [0.05, 0.1) is 6.54 Å². The normalized spacial score (nSPS) is 9.33. The van der Waals surface area contributed by atoms with Crippen molar-refractivity contribution in [3.8, 4) is 12.3 Å². The fraction of sp³-hybridized carbons (Fsp3) is 0.200. The highest BCUT2D eigenvalue weighted by atomic mass is 79.9. The summed E-state index contributed by atoms with van der Waals surface area (Å²) in [5.74, 6) is 2.00. The van der Waals surface area contributed by atoms with Gasteiger partial charge in [-0.1, -0.05) is 5.92 Å². The molecule has 0 saturated heterocycles. The summed E-state index contributed by atoms with van der Waals surface area (Å²) >= 11 is 3.22. The average molecular weight is 269 g/mol. The lowest BCUT2D eigenvalue weighted by Crippen LogP contribution is -2.31. The molecule has 1 N–H and O–H groups in total. The van der Waals surface area contributed by atoms with Crippen LogP contribution in [0.5, 0.6) is 0 Å². The van der Waals surface area contributed by atoms with Crippen molar-refractivity contribution in [1.82, 2.24) is 9.88 Å². The van der Waals surface area contributed by atoms with E-state index >= 15 is 0 Å². The number of rotatable bonds is 3. The predicted octanol–water partition coefficient (Wildman–Crippen LogP) is 0.360. The van der Waals surface area contributed by atoms with Gasteiger partial charge in [-0.3, -0.25) is 9.59 Å². The summed E-state index contributed by atoms with van der Waals surface area (Å²) in [6, 6.07) is 3.01. The third kappa shape index (κ3) is 3.60. The van der Waals surface area contributed by atoms with Crippen molar-refractivity contribution in [2.75, 3.05) is 6.54 Å². The molecule has 0 radical (unpaired) electrons. The molecule has 0 aromatic carbocycles. The molecule has 0 aliphatic heterocycles. The van der Waals surface area contributed by atoms with Crippen LogP contribution in [0.1, 0.15) is 0 Å². The number of nitrogens with one attached hydrogen (secondary N) is 1. The Bertz CT molecular complexity index is 459. The summed E-state index contributed by atoms with van der Waals surface area (Å²) in [5, 5.41) is 2.48. The van der Waals surface area contributed by atoms with Crippen molar-refractivity contribution < 1.29 is 4.79 Å². The molecule has 1 heterocycles. The third-order valence-corrected chi connectivity index (χ3v) is 2.12. The third-order valence-electron chi connectivity index (χ3n) is 1.65. The average Bonchev–Trinajstić information content (AvgIpc) is 2.20. The Morgan fingerprint density at radius 1 is 1.60 bits per heavy atom. The molecule has 0 unspecified atom stereocenters. The van der Waals surface area contributed by atoms with E-state index in [1.807, 2.05) is 0 Å². The Kier molecular flexibility index (Phi) is 4.13. The number of hydrogen-bond donors (Lipinski definition) is 1. The molecule has 5 heteroatoms.